The highest BCUT2D eigenvalue weighted by Crippen LogP contribution is 2.24. The lowest BCUT2D eigenvalue weighted by atomic mass is 10.1. The molecule has 4 nitrogen and oxygen atoms in total. The van der Waals surface area contributed by atoms with Crippen LogP contribution in [0.5, 0.6) is 0 Å². The van der Waals surface area contributed by atoms with Crippen molar-refractivity contribution in [3.63, 3.8) is 0 Å². The zero-order valence-electron chi connectivity index (χ0n) is 11.8. The number of halogens is 3. The summed E-state index contributed by atoms with van der Waals surface area (Å²) in [5, 5.41) is 12.9. The Hall–Kier alpha value is -1.75. The molecule has 0 aliphatic heterocycles. The van der Waals surface area contributed by atoms with Gasteiger partial charge in [0.15, 0.2) is 0 Å². The van der Waals surface area contributed by atoms with Crippen LogP contribution in [-0.2, 0) is 11.2 Å². The number of carbonyl (C=O) groups excluding carboxylic acids is 1. The van der Waals surface area contributed by atoms with Crippen molar-refractivity contribution in [2.24, 2.45) is 0 Å². The largest absolute Gasteiger partial charge is 0.478 e. The Balaban J connectivity index is 2.02. The Kier molecular flexibility index (Phi) is 5.88. The average molecular weight is 373 g/mol. The number of hydrogen-bond donors (Lipinski definition) is 2. The van der Waals surface area contributed by atoms with Crippen molar-refractivity contribution in [2.75, 3.05) is 5.32 Å². The normalized spacial score (nSPS) is 10.4. The summed E-state index contributed by atoms with van der Waals surface area (Å²) < 4.78 is 0. The summed E-state index contributed by atoms with van der Waals surface area (Å²) in [5.41, 5.74) is 1.02. The van der Waals surface area contributed by atoms with Gasteiger partial charge in [0.1, 0.15) is 0 Å². The van der Waals surface area contributed by atoms with E-state index in [2.05, 4.69) is 5.32 Å². The molecular formula is C16H12Cl3NO3. The van der Waals surface area contributed by atoms with E-state index in [1.54, 1.807) is 18.2 Å². The van der Waals surface area contributed by atoms with E-state index in [1.807, 2.05) is 0 Å². The molecule has 0 atom stereocenters. The molecule has 0 radical (unpaired) electrons. The van der Waals surface area contributed by atoms with E-state index in [0.29, 0.717) is 16.5 Å². The Labute approximate surface area is 148 Å². The number of hydrogen-bond acceptors (Lipinski definition) is 2. The maximum atomic E-state index is 12.0. The quantitative estimate of drug-likeness (QED) is 0.783. The molecule has 0 heterocycles. The monoisotopic (exact) mass is 371 g/mol. The fourth-order valence-corrected chi connectivity index (χ4v) is 2.46. The zero-order valence-corrected chi connectivity index (χ0v) is 14.0. The number of amides is 1. The molecule has 23 heavy (non-hydrogen) atoms. The van der Waals surface area contributed by atoms with E-state index >= 15 is 0 Å². The van der Waals surface area contributed by atoms with Gasteiger partial charge in [-0.05, 0) is 42.3 Å². The molecule has 1 amide bonds. The summed E-state index contributed by atoms with van der Waals surface area (Å²) >= 11 is 17.5. The molecule has 2 aromatic carbocycles. The molecule has 120 valence electrons. The van der Waals surface area contributed by atoms with E-state index in [0.717, 1.165) is 5.56 Å². The van der Waals surface area contributed by atoms with Crippen LogP contribution < -0.4 is 5.32 Å². The van der Waals surface area contributed by atoms with Crippen LogP contribution in [0.2, 0.25) is 15.1 Å². The Morgan fingerprint density at radius 2 is 1.74 bits per heavy atom. The molecule has 2 rings (SSSR count). The van der Waals surface area contributed by atoms with Crippen molar-refractivity contribution in [3.8, 4) is 0 Å². The van der Waals surface area contributed by atoms with Crippen LogP contribution >= 0.6 is 34.8 Å². The van der Waals surface area contributed by atoms with E-state index in [4.69, 9.17) is 39.9 Å². The highest BCUT2D eigenvalue weighted by molar-refractivity contribution is 6.42. The molecule has 0 aliphatic rings. The van der Waals surface area contributed by atoms with Gasteiger partial charge in [0.25, 0.3) is 0 Å². The molecular weight excluding hydrogens is 361 g/mol. The number of rotatable bonds is 5. The Bertz CT molecular complexity index is 762. The third-order valence-electron chi connectivity index (χ3n) is 3.11. The summed E-state index contributed by atoms with van der Waals surface area (Å²) in [5.74, 6) is -1.46. The van der Waals surface area contributed by atoms with Crippen molar-refractivity contribution in [1.82, 2.24) is 0 Å². The standard InChI is InChI=1S/C16H12Cl3NO3/c17-10-3-5-14(11(8-10)16(22)23)20-15(21)6-2-9-1-4-12(18)13(19)7-9/h1,3-5,7-8H,2,6H2,(H,20,21)(H,22,23). The summed E-state index contributed by atoms with van der Waals surface area (Å²) in [6.07, 6.45) is 0.637. The highest BCUT2D eigenvalue weighted by Gasteiger charge is 2.13. The van der Waals surface area contributed by atoms with Crippen molar-refractivity contribution in [3.05, 3.63) is 62.6 Å². The fraction of sp³-hybridized carbons (Fsp3) is 0.125. The van der Waals surface area contributed by atoms with Gasteiger partial charge in [-0.3, -0.25) is 4.79 Å². The van der Waals surface area contributed by atoms with Gasteiger partial charge in [0.05, 0.1) is 21.3 Å². The van der Waals surface area contributed by atoms with E-state index in [1.165, 1.54) is 18.2 Å². The number of benzene rings is 2. The van der Waals surface area contributed by atoms with Gasteiger partial charge in [-0.15, -0.1) is 0 Å². The van der Waals surface area contributed by atoms with Crippen molar-refractivity contribution >= 4 is 52.4 Å². The van der Waals surface area contributed by atoms with Gasteiger partial charge in [-0.2, -0.15) is 0 Å². The lowest BCUT2D eigenvalue weighted by molar-refractivity contribution is -0.116. The average Bonchev–Trinajstić information content (AvgIpc) is 2.50. The van der Waals surface area contributed by atoms with Gasteiger partial charge in [-0.1, -0.05) is 40.9 Å². The minimum absolute atomic E-state index is 0.0552. The molecule has 0 saturated carbocycles. The van der Waals surface area contributed by atoms with Crippen LogP contribution in [0.1, 0.15) is 22.3 Å². The molecule has 2 N–H and O–H groups in total. The maximum Gasteiger partial charge on any atom is 0.337 e. The van der Waals surface area contributed by atoms with Crippen LogP contribution in [-0.4, -0.2) is 17.0 Å². The summed E-state index contributed by atoms with van der Waals surface area (Å²) in [6, 6.07) is 9.41. The summed E-state index contributed by atoms with van der Waals surface area (Å²) in [6.45, 7) is 0. The first-order chi connectivity index (χ1) is 10.9. The molecule has 7 heteroatoms. The van der Waals surface area contributed by atoms with Gasteiger partial charge in [0, 0.05) is 11.4 Å². The molecule has 0 fully saturated rings. The summed E-state index contributed by atoms with van der Waals surface area (Å²) in [7, 11) is 0. The molecule has 2 aromatic rings. The second-order valence-electron chi connectivity index (χ2n) is 4.79. The van der Waals surface area contributed by atoms with Crippen LogP contribution in [0.4, 0.5) is 5.69 Å². The second kappa shape index (κ2) is 7.68. The fourth-order valence-electron chi connectivity index (χ4n) is 1.97. The third-order valence-corrected chi connectivity index (χ3v) is 4.08. The SMILES string of the molecule is O=C(CCc1ccc(Cl)c(Cl)c1)Nc1ccc(Cl)cc1C(=O)O. The number of carboxylic acid groups (broad SMARTS) is 1. The van der Waals surface area contributed by atoms with Gasteiger partial charge in [-0.25, -0.2) is 4.79 Å². The number of carboxylic acids is 1. The molecule has 0 aliphatic carbocycles. The number of nitrogens with one attached hydrogen (secondary N) is 1. The van der Waals surface area contributed by atoms with Crippen LogP contribution in [0.3, 0.4) is 0 Å². The first-order valence-electron chi connectivity index (χ1n) is 6.63. The summed E-state index contributed by atoms with van der Waals surface area (Å²) in [4.78, 5) is 23.2. The van der Waals surface area contributed by atoms with E-state index in [9.17, 15) is 9.59 Å². The van der Waals surface area contributed by atoms with Crippen molar-refractivity contribution in [2.45, 2.75) is 12.8 Å². The first-order valence-corrected chi connectivity index (χ1v) is 7.77. The van der Waals surface area contributed by atoms with Gasteiger partial charge < -0.3 is 10.4 Å². The maximum absolute atomic E-state index is 12.0. The molecule has 0 saturated heterocycles. The Morgan fingerprint density at radius 1 is 1.00 bits per heavy atom. The number of aryl methyl sites for hydroxylation is 1. The smallest absolute Gasteiger partial charge is 0.337 e. The molecule has 0 spiro atoms. The second-order valence-corrected chi connectivity index (χ2v) is 6.04. The zero-order chi connectivity index (χ0) is 17.0. The Morgan fingerprint density at radius 3 is 2.39 bits per heavy atom. The number of anilines is 1. The van der Waals surface area contributed by atoms with Crippen molar-refractivity contribution < 1.29 is 14.7 Å². The lowest BCUT2D eigenvalue weighted by Gasteiger charge is -2.09. The minimum atomic E-state index is -1.16. The van der Waals surface area contributed by atoms with E-state index < -0.39 is 5.97 Å². The van der Waals surface area contributed by atoms with Crippen LogP contribution in [0.15, 0.2) is 36.4 Å². The number of aromatic carboxylic acids is 1. The van der Waals surface area contributed by atoms with E-state index in [-0.39, 0.29) is 28.6 Å². The minimum Gasteiger partial charge on any atom is -0.478 e. The predicted octanol–water partition coefficient (Wildman–Crippen LogP) is 4.92. The highest BCUT2D eigenvalue weighted by atomic mass is 35.5. The lowest BCUT2D eigenvalue weighted by Crippen LogP contribution is -2.15. The number of carbonyl (C=O) groups is 2. The topological polar surface area (TPSA) is 66.4 Å². The molecule has 0 aromatic heterocycles. The van der Waals surface area contributed by atoms with Gasteiger partial charge in [0.2, 0.25) is 5.91 Å². The third kappa shape index (κ3) is 4.86. The molecule has 0 bridgehead atoms. The first kappa shape index (κ1) is 17.6. The predicted molar refractivity (Wildman–Crippen MR) is 91.8 cm³/mol. The molecule has 0 unspecified atom stereocenters. The van der Waals surface area contributed by atoms with Crippen LogP contribution in [0, 0.1) is 0 Å². The van der Waals surface area contributed by atoms with Gasteiger partial charge >= 0.3 is 5.97 Å². The van der Waals surface area contributed by atoms with Crippen LogP contribution in [0.25, 0.3) is 0 Å². The van der Waals surface area contributed by atoms with Crippen molar-refractivity contribution in [1.29, 1.82) is 0 Å².